The zero-order valence-corrected chi connectivity index (χ0v) is 12.0. The second kappa shape index (κ2) is 4.98. The fourth-order valence-corrected chi connectivity index (χ4v) is 2.29. The number of carbonyl (C=O) groups excluding carboxylic acids is 1. The van der Waals surface area contributed by atoms with E-state index in [1.165, 1.54) is 0 Å². The molecule has 0 aliphatic heterocycles. The molecule has 0 unspecified atom stereocenters. The molecule has 2 aromatic rings. The summed E-state index contributed by atoms with van der Waals surface area (Å²) in [7, 11) is 1.63. The zero-order chi connectivity index (χ0) is 13.3. The van der Waals surface area contributed by atoms with E-state index >= 15 is 0 Å². The molecule has 1 aromatic heterocycles. The van der Waals surface area contributed by atoms with Gasteiger partial charge in [0.2, 0.25) is 5.78 Å². The molecule has 0 aliphatic carbocycles. The predicted molar refractivity (Wildman–Crippen MR) is 72.3 cm³/mol. The third kappa shape index (κ3) is 2.34. The van der Waals surface area contributed by atoms with Crippen LogP contribution in [0.5, 0.6) is 5.75 Å². The summed E-state index contributed by atoms with van der Waals surface area (Å²) in [6.45, 7) is 3.83. The Morgan fingerprint density at radius 2 is 1.83 bits per heavy atom. The second-order valence-electron chi connectivity index (χ2n) is 4.08. The van der Waals surface area contributed by atoms with E-state index in [-0.39, 0.29) is 5.78 Å². The van der Waals surface area contributed by atoms with Gasteiger partial charge < -0.3 is 9.15 Å². The first-order valence-corrected chi connectivity index (χ1v) is 6.27. The van der Waals surface area contributed by atoms with E-state index in [0.717, 1.165) is 16.9 Å². The van der Waals surface area contributed by atoms with Crippen molar-refractivity contribution in [3.05, 3.63) is 51.4 Å². The minimum Gasteiger partial charge on any atom is -0.496 e. The standard InChI is InChI=1S/C14H13BrO3/c1-8-6-10(7-9(2)14(8)17-3)13(16)11-4-5-12(15)18-11/h4-7H,1-3H3. The molecular formula is C14H13BrO3. The first-order chi connectivity index (χ1) is 8.52. The maximum Gasteiger partial charge on any atom is 0.228 e. The van der Waals surface area contributed by atoms with E-state index in [9.17, 15) is 4.79 Å². The van der Waals surface area contributed by atoms with Crippen molar-refractivity contribution in [2.45, 2.75) is 13.8 Å². The lowest BCUT2D eigenvalue weighted by Gasteiger charge is -2.10. The van der Waals surface area contributed by atoms with Crippen molar-refractivity contribution in [3.8, 4) is 5.75 Å². The highest BCUT2D eigenvalue weighted by atomic mass is 79.9. The molecule has 4 heteroatoms. The molecule has 0 aliphatic rings. The van der Waals surface area contributed by atoms with Crippen LogP contribution in [0.25, 0.3) is 0 Å². The smallest absolute Gasteiger partial charge is 0.228 e. The summed E-state index contributed by atoms with van der Waals surface area (Å²) in [5.74, 6) is 1.01. The number of hydrogen-bond donors (Lipinski definition) is 0. The van der Waals surface area contributed by atoms with Crippen molar-refractivity contribution >= 4 is 21.7 Å². The highest BCUT2D eigenvalue weighted by Gasteiger charge is 2.16. The molecule has 0 bridgehead atoms. The van der Waals surface area contributed by atoms with Crippen LogP contribution in [-0.4, -0.2) is 12.9 Å². The highest BCUT2D eigenvalue weighted by molar-refractivity contribution is 9.10. The van der Waals surface area contributed by atoms with Gasteiger partial charge in [-0.05, 0) is 65.2 Å². The molecule has 0 fully saturated rings. The zero-order valence-electron chi connectivity index (χ0n) is 10.4. The van der Waals surface area contributed by atoms with Gasteiger partial charge in [0, 0.05) is 5.56 Å². The summed E-state index contributed by atoms with van der Waals surface area (Å²) < 4.78 is 11.1. The lowest BCUT2D eigenvalue weighted by molar-refractivity contribution is 0.101. The monoisotopic (exact) mass is 308 g/mol. The average molecular weight is 309 g/mol. The van der Waals surface area contributed by atoms with Crippen LogP contribution >= 0.6 is 15.9 Å². The lowest BCUT2D eigenvalue weighted by atomic mass is 10.0. The van der Waals surface area contributed by atoms with Crippen LogP contribution in [0.3, 0.4) is 0 Å². The number of ether oxygens (including phenoxy) is 1. The van der Waals surface area contributed by atoms with Gasteiger partial charge >= 0.3 is 0 Å². The van der Waals surface area contributed by atoms with Gasteiger partial charge in [-0.15, -0.1) is 0 Å². The lowest BCUT2D eigenvalue weighted by Crippen LogP contribution is -2.02. The molecule has 0 radical (unpaired) electrons. The maximum atomic E-state index is 12.2. The molecule has 3 nitrogen and oxygen atoms in total. The predicted octanol–water partition coefficient (Wildman–Crippen LogP) is 3.90. The van der Waals surface area contributed by atoms with Crippen LogP contribution < -0.4 is 4.74 Å². The van der Waals surface area contributed by atoms with E-state index in [0.29, 0.717) is 16.0 Å². The number of ketones is 1. The van der Waals surface area contributed by atoms with Crippen LogP contribution in [0.4, 0.5) is 0 Å². The van der Waals surface area contributed by atoms with Gasteiger partial charge in [0.25, 0.3) is 0 Å². The Morgan fingerprint density at radius 3 is 2.28 bits per heavy atom. The molecule has 0 atom stereocenters. The molecule has 0 saturated carbocycles. The summed E-state index contributed by atoms with van der Waals surface area (Å²) in [6, 6.07) is 6.98. The van der Waals surface area contributed by atoms with Crippen LogP contribution in [0.1, 0.15) is 27.2 Å². The average Bonchev–Trinajstić information content (AvgIpc) is 2.74. The van der Waals surface area contributed by atoms with Crippen LogP contribution in [0.15, 0.2) is 33.4 Å². The minimum absolute atomic E-state index is 0.130. The summed E-state index contributed by atoms with van der Waals surface area (Å²) in [6.07, 6.45) is 0. The number of carbonyl (C=O) groups is 1. The molecule has 0 spiro atoms. The highest BCUT2D eigenvalue weighted by Crippen LogP contribution is 2.26. The Kier molecular flexibility index (Phi) is 3.57. The molecule has 18 heavy (non-hydrogen) atoms. The van der Waals surface area contributed by atoms with Crippen LogP contribution in [-0.2, 0) is 0 Å². The number of halogens is 1. The Balaban J connectivity index is 2.43. The number of hydrogen-bond acceptors (Lipinski definition) is 3. The fraction of sp³-hybridized carbons (Fsp3) is 0.214. The topological polar surface area (TPSA) is 39.4 Å². The van der Waals surface area contributed by atoms with Gasteiger partial charge in [-0.1, -0.05) is 0 Å². The largest absolute Gasteiger partial charge is 0.496 e. The number of benzene rings is 1. The Morgan fingerprint density at radius 1 is 1.22 bits per heavy atom. The molecule has 2 rings (SSSR count). The van der Waals surface area contributed by atoms with E-state index in [4.69, 9.17) is 9.15 Å². The van der Waals surface area contributed by atoms with Crippen LogP contribution in [0, 0.1) is 13.8 Å². The summed E-state index contributed by atoms with van der Waals surface area (Å²) >= 11 is 3.19. The molecular weight excluding hydrogens is 296 g/mol. The van der Waals surface area contributed by atoms with Crippen molar-refractivity contribution in [2.24, 2.45) is 0 Å². The van der Waals surface area contributed by atoms with Crippen molar-refractivity contribution in [1.29, 1.82) is 0 Å². The van der Waals surface area contributed by atoms with E-state index in [1.54, 1.807) is 19.2 Å². The first-order valence-electron chi connectivity index (χ1n) is 5.48. The van der Waals surface area contributed by atoms with Crippen molar-refractivity contribution in [3.63, 3.8) is 0 Å². The number of furan rings is 1. The number of rotatable bonds is 3. The molecule has 94 valence electrons. The number of aryl methyl sites for hydroxylation is 2. The van der Waals surface area contributed by atoms with Crippen molar-refractivity contribution < 1.29 is 13.9 Å². The molecule has 1 aromatic carbocycles. The molecule has 1 heterocycles. The van der Waals surface area contributed by atoms with E-state index in [2.05, 4.69) is 15.9 Å². The molecule has 0 N–H and O–H groups in total. The Labute approximate surface area is 114 Å². The van der Waals surface area contributed by atoms with Gasteiger partial charge in [0.15, 0.2) is 10.4 Å². The second-order valence-corrected chi connectivity index (χ2v) is 4.86. The van der Waals surface area contributed by atoms with Gasteiger partial charge in [-0.2, -0.15) is 0 Å². The van der Waals surface area contributed by atoms with Gasteiger partial charge in [-0.3, -0.25) is 4.79 Å². The molecule has 0 saturated heterocycles. The Bertz CT molecular complexity index is 576. The van der Waals surface area contributed by atoms with Crippen molar-refractivity contribution in [2.75, 3.05) is 7.11 Å². The van der Waals surface area contributed by atoms with Gasteiger partial charge in [0.05, 0.1) is 7.11 Å². The fourth-order valence-electron chi connectivity index (χ4n) is 1.98. The van der Waals surface area contributed by atoms with Gasteiger partial charge in [0.1, 0.15) is 5.75 Å². The third-order valence-corrected chi connectivity index (χ3v) is 3.15. The van der Waals surface area contributed by atoms with E-state index < -0.39 is 0 Å². The summed E-state index contributed by atoms with van der Waals surface area (Å²) in [5, 5.41) is 0. The SMILES string of the molecule is COc1c(C)cc(C(=O)c2ccc(Br)o2)cc1C. The van der Waals surface area contributed by atoms with E-state index in [1.807, 2.05) is 26.0 Å². The van der Waals surface area contributed by atoms with Crippen LogP contribution in [0.2, 0.25) is 0 Å². The summed E-state index contributed by atoms with van der Waals surface area (Å²) in [4.78, 5) is 12.2. The minimum atomic E-state index is -0.130. The van der Waals surface area contributed by atoms with Crippen molar-refractivity contribution in [1.82, 2.24) is 0 Å². The maximum absolute atomic E-state index is 12.2. The summed E-state index contributed by atoms with van der Waals surface area (Å²) in [5.41, 5.74) is 2.48. The normalized spacial score (nSPS) is 10.4. The Hall–Kier alpha value is -1.55. The quantitative estimate of drug-likeness (QED) is 0.807. The third-order valence-electron chi connectivity index (χ3n) is 2.72. The van der Waals surface area contributed by atoms with Gasteiger partial charge in [-0.25, -0.2) is 0 Å². The number of methoxy groups -OCH3 is 1. The molecule has 0 amide bonds. The first kappa shape index (κ1) is 12.9.